The molecule has 17 heavy (non-hydrogen) atoms. The van der Waals surface area contributed by atoms with Gasteiger partial charge in [0.2, 0.25) is 0 Å². The number of hydrogen-bond donors (Lipinski definition) is 1. The summed E-state index contributed by atoms with van der Waals surface area (Å²) < 4.78 is 2.17. The molecule has 0 aliphatic carbocycles. The summed E-state index contributed by atoms with van der Waals surface area (Å²) in [5.74, 6) is 0. The van der Waals surface area contributed by atoms with Crippen LogP contribution in [0.5, 0.6) is 0 Å². The van der Waals surface area contributed by atoms with Crippen LogP contribution in [0.4, 0.5) is 0 Å². The highest BCUT2D eigenvalue weighted by atomic mass is 32.1. The minimum Gasteiger partial charge on any atom is -0.316 e. The Kier molecular flexibility index (Phi) is 2.99. The van der Waals surface area contributed by atoms with Crippen molar-refractivity contribution in [1.29, 1.82) is 0 Å². The zero-order valence-electron chi connectivity index (χ0n) is 10.1. The molecule has 0 saturated carbocycles. The van der Waals surface area contributed by atoms with Crippen LogP contribution in [0.3, 0.4) is 0 Å². The number of rotatable bonds is 2. The van der Waals surface area contributed by atoms with Crippen LogP contribution in [0.25, 0.3) is 10.6 Å². The Balaban J connectivity index is 2.14. The summed E-state index contributed by atoms with van der Waals surface area (Å²) in [6.45, 7) is 5.24. The maximum atomic E-state index is 4.77. The Labute approximate surface area is 105 Å². The van der Waals surface area contributed by atoms with Gasteiger partial charge in [-0.25, -0.2) is 0 Å². The summed E-state index contributed by atoms with van der Waals surface area (Å²) in [5, 5.41) is 10.4. The first-order valence-corrected chi connectivity index (χ1v) is 7.11. The average molecular weight is 247 g/mol. The number of fused-ring (bicyclic) bond motifs is 1. The van der Waals surface area contributed by atoms with Gasteiger partial charge in [-0.3, -0.25) is 4.68 Å². The lowest BCUT2D eigenvalue weighted by Gasteiger charge is -2.05. The van der Waals surface area contributed by atoms with Crippen LogP contribution in [-0.2, 0) is 19.4 Å². The third-order valence-electron chi connectivity index (χ3n) is 3.28. The van der Waals surface area contributed by atoms with Gasteiger partial charge in [-0.1, -0.05) is 6.07 Å². The summed E-state index contributed by atoms with van der Waals surface area (Å²) in [7, 11) is 0. The SMILES string of the molecule is CCn1nc2c(c1-c1cccs1)CCNCC2. The van der Waals surface area contributed by atoms with E-state index < -0.39 is 0 Å². The predicted octanol–water partition coefficient (Wildman–Crippen LogP) is 2.32. The smallest absolute Gasteiger partial charge is 0.0817 e. The molecule has 0 saturated heterocycles. The third-order valence-corrected chi connectivity index (χ3v) is 4.15. The largest absolute Gasteiger partial charge is 0.316 e. The number of aryl methyl sites for hydroxylation is 1. The molecular weight excluding hydrogens is 230 g/mol. The molecule has 2 aromatic rings. The van der Waals surface area contributed by atoms with Crippen molar-refractivity contribution in [2.24, 2.45) is 0 Å². The van der Waals surface area contributed by atoms with Gasteiger partial charge in [0.15, 0.2) is 0 Å². The molecule has 4 heteroatoms. The van der Waals surface area contributed by atoms with Crippen molar-refractivity contribution in [2.75, 3.05) is 13.1 Å². The van der Waals surface area contributed by atoms with Crippen LogP contribution in [-0.4, -0.2) is 22.9 Å². The van der Waals surface area contributed by atoms with Crippen LogP contribution in [0, 0.1) is 0 Å². The molecule has 0 unspecified atom stereocenters. The Bertz CT molecular complexity index is 499. The van der Waals surface area contributed by atoms with Crippen LogP contribution in [0.2, 0.25) is 0 Å². The standard InChI is InChI=1S/C13H17N3S/c1-2-16-13(12-4-3-9-17-12)10-5-7-14-8-6-11(10)15-16/h3-4,9,14H,2,5-8H2,1H3. The molecule has 3 rings (SSSR count). The highest BCUT2D eigenvalue weighted by Crippen LogP contribution is 2.31. The van der Waals surface area contributed by atoms with Crippen molar-refractivity contribution in [2.45, 2.75) is 26.3 Å². The van der Waals surface area contributed by atoms with E-state index in [2.05, 4.69) is 34.4 Å². The minimum atomic E-state index is 0.952. The first-order chi connectivity index (χ1) is 8.40. The normalized spacial score (nSPS) is 15.6. The second-order valence-electron chi connectivity index (χ2n) is 4.32. The number of thiophene rings is 1. The van der Waals surface area contributed by atoms with Crippen LogP contribution >= 0.6 is 11.3 Å². The van der Waals surface area contributed by atoms with E-state index in [1.807, 2.05) is 11.3 Å². The third kappa shape index (κ3) is 1.91. The first-order valence-electron chi connectivity index (χ1n) is 6.23. The Morgan fingerprint density at radius 1 is 1.41 bits per heavy atom. The molecule has 3 nitrogen and oxygen atoms in total. The Morgan fingerprint density at radius 3 is 3.06 bits per heavy atom. The van der Waals surface area contributed by atoms with E-state index in [0.717, 1.165) is 32.5 Å². The van der Waals surface area contributed by atoms with Gasteiger partial charge in [0.1, 0.15) is 0 Å². The number of nitrogens with zero attached hydrogens (tertiary/aromatic N) is 2. The van der Waals surface area contributed by atoms with Crippen LogP contribution < -0.4 is 5.32 Å². The summed E-state index contributed by atoms with van der Waals surface area (Å²) in [6, 6.07) is 4.32. The predicted molar refractivity (Wildman–Crippen MR) is 71.5 cm³/mol. The van der Waals surface area contributed by atoms with E-state index in [9.17, 15) is 0 Å². The fraction of sp³-hybridized carbons (Fsp3) is 0.462. The number of nitrogens with one attached hydrogen (secondary N) is 1. The lowest BCUT2D eigenvalue weighted by Crippen LogP contribution is -2.17. The molecule has 90 valence electrons. The summed E-state index contributed by atoms with van der Waals surface area (Å²) in [6.07, 6.45) is 2.16. The van der Waals surface area contributed by atoms with E-state index in [0.29, 0.717) is 0 Å². The van der Waals surface area contributed by atoms with Crippen molar-refractivity contribution in [3.05, 3.63) is 28.8 Å². The summed E-state index contributed by atoms with van der Waals surface area (Å²) in [4.78, 5) is 1.35. The van der Waals surface area contributed by atoms with Crippen molar-refractivity contribution in [1.82, 2.24) is 15.1 Å². The van der Waals surface area contributed by atoms with Gasteiger partial charge in [-0.2, -0.15) is 5.10 Å². The van der Waals surface area contributed by atoms with E-state index in [4.69, 9.17) is 5.10 Å². The van der Waals surface area contributed by atoms with Gasteiger partial charge in [0, 0.05) is 25.1 Å². The zero-order valence-corrected chi connectivity index (χ0v) is 10.9. The topological polar surface area (TPSA) is 29.9 Å². The number of aromatic nitrogens is 2. The monoisotopic (exact) mass is 247 g/mol. The molecule has 1 aliphatic heterocycles. The van der Waals surface area contributed by atoms with Gasteiger partial charge in [-0.15, -0.1) is 11.3 Å². The Hall–Kier alpha value is -1.13. The lowest BCUT2D eigenvalue weighted by atomic mass is 10.1. The fourth-order valence-electron chi connectivity index (χ4n) is 2.48. The summed E-state index contributed by atoms with van der Waals surface area (Å²) in [5.41, 5.74) is 4.10. The molecule has 0 radical (unpaired) electrons. The second kappa shape index (κ2) is 4.63. The van der Waals surface area contributed by atoms with Gasteiger partial charge < -0.3 is 5.32 Å². The zero-order chi connectivity index (χ0) is 11.7. The highest BCUT2D eigenvalue weighted by Gasteiger charge is 2.20. The molecule has 0 atom stereocenters. The van der Waals surface area contributed by atoms with Gasteiger partial charge in [0.05, 0.1) is 16.3 Å². The van der Waals surface area contributed by atoms with E-state index in [1.165, 1.54) is 21.8 Å². The average Bonchev–Trinajstić information content (AvgIpc) is 2.91. The molecule has 2 aromatic heterocycles. The van der Waals surface area contributed by atoms with Gasteiger partial charge in [0.25, 0.3) is 0 Å². The second-order valence-corrected chi connectivity index (χ2v) is 5.26. The van der Waals surface area contributed by atoms with Crippen LogP contribution in [0.1, 0.15) is 18.2 Å². The molecule has 3 heterocycles. The number of hydrogen-bond acceptors (Lipinski definition) is 3. The molecule has 1 N–H and O–H groups in total. The quantitative estimate of drug-likeness (QED) is 0.882. The van der Waals surface area contributed by atoms with Crippen molar-refractivity contribution in [3.8, 4) is 10.6 Å². The fourth-order valence-corrected chi connectivity index (χ4v) is 3.28. The molecule has 0 spiro atoms. The van der Waals surface area contributed by atoms with Gasteiger partial charge in [-0.05, 0) is 31.3 Å². The molecule has 1 aliphatic rings. The van der Waals surface area contributed by atoms with Crippen molar-refractivity contribution < 1.29 is 0 Å². The van der Waals surface area contributed by atoms with E-state index >= 15 is 0 Å². The highest BCUT2D eigenvalue weighted by molar-refractivity contribution is 7.13. The lowest BCUT2D eigenvalue weighted by molar-refractivity contribution is 0.638. The van der Waals surface area contributed by atoms with Crippen molar-refractivity contribution in [3.63, 3.8) is 0 Å². The Morgan fingerprint density at radius 2 is 2.29 bits per heavy atom. The van der Waals surface area contributed by atoms with Crippen molar-refractivity contribution >= 4 is 11.3 Å². The van der Waals surface area contributed by atoms with Gasteiger partial charge >= 0.3 is 0 Å². The molecule has 0 bridgehead atoms. The summed E-state index contributed by atoms with van der Waals surface area (Å²) >= 11 is 1.81. The molecular formula is C13H17N3S. The molecule has 0 fully saturated rings. The van der Waals surface area contributed by atoms with E-state index in [-0.39, 0.29) is 0 Å². The molecule has 0 aromatic carbocycles. The molecule has 0 amide bonds. The maximum Gasteiger partial charge on any atom is 0.0817 e. The maximum absolute atomic E-state index is 4.77. The van der Waals surface area contributed by atoms with Crippen LogP contribution in [0.15, 0.2) is 17.5 Å². The first kappa shape index (κ1) is 11.0. The van der Waals surface area contributed by atoms with E-state index in [1.54, 1.807) is 0 Å². The minimum absolute atomic E-state index is 0.952.